The van der Waals surface area contributed by atoms with E-state index in [0.717, 1.165) is 24.1 Å². The van der Waals surface area contributed by atoms with Gasteiger partial charge < -0.3 is 4.74 Å². The van der Waals surface area contributed by atoms with E-state index >= 15 is 0 Å². The van der Waals surface area contributed by atoms with Gasteiger partial charge in [-0.05, 0) is 38.3 Å². The lowest BCUT2D eigenvalue weighted by Crippen LogP contribution is -2.03. The fourth-order valence-corrected chi connectivity index (χ4v) is 5.81. The molecule has 0 N–H and O–H groups in total. The molecule has 0 bridgehead atoms. The molecule has 1 heterocycles. The molecule has 1 rings (SSSR count). The summed E-state index contributed by atoms with van der Waals surface area (Å²) in [5, 5.41) is 0. The van der Waals surface area contributed by atoms with Crippen LogP contribution in [0.3, 0.4) is 0 Å². The Balaban J connectivity index is 1.86. The topological polar surface area (TPSA) is 43.4 Å². The van der Waals surface area contributed by atoms with Gasteiger partial charge in [0.25, 0.3) is 0 Å². The molecule has 0 atom stereocenters. The second-order valence-corrected chi connectivity index (χ2v) is 11.6. The lowest BCUT2D eigenvalue weighted by Gasteiger charge is -2.04. The van der Waals surface area contributed by atoms with Gasteiger partial charge in [0.2, 0.25) is 0 Å². The molecule has 0 aliphatic rings. The highest BCUT2D eigenvalue weighted by Crippen LogP contribution is 2.22. The third kappa shape index (κ3) is 19.0. The standard InChI is InChI=1S/C32H56O3S/c1-3-5-6-7-8-9-10-11-12-13-14-15-16-17-18-19-20-21-22-25-30(33)31-28-27-29(36-31)24-23-26-32(34)35-4-2/h27-28H,3-26H2,1-2H3. The fraction of sp³-hybridized carbons (Fsp3) is 0.812. The minimum absolute atomic E-state index is 0.130. The van der Waals surface area contributed by atoms with Crippen molar-refractivity contribution in [1.82, 2.24) is 0 Å². The van der Waals surface area contributed by atoms with Crippen LogP contribution in [0.5, 0.6) is 0 Å². The Bertz CT molecular complexity index is 652. The zero-order chi connectivity index (χ0) is 26.1. The van der Waals surface area contributed by atoms with E-state index < -0.39 is 0 Å². The minimum Gasteiger partial charge on any atom is -0.466 e. The number of esters is 1. The third-order valence-electron chi connectivity index (χ3n) is 7.05. The monoisotopic (exact) mass is 520 g/mol. The molecular formula is C32H56O3S. The van der Waals surface area contributed by atoms with Gasteiger partial charge in [-0.15, -0.1) is 11.3 Å². The molecular weight excluding hydrogens is 464 g/mol. The molecule has 4 heteroatoms. The Morgan fingerprint density at radius 2 is 1.08 bits per heavy atom. The Kier molecular flexibility index (Phi) is 22.1. The zero-order valence-electron chi connectivity index (χ0n) is 23.8. The van der Waals surface area contributed by atoms with Gasteiger partial charge in [-0.2, -0.15) is 0 Å². The van der Waals surface area contributed by atoms with Crippen molar-refractivity contribution in [3.05, 3.63) is 21.9 Å². The summed E-state index contributed by atoms with van der Waals surface area (Å²) < 4.78 is 4.96. The summed E-state index contributed by atoms with van der Waals surface area (Å²) in [6, 6.07) is 4.00. The number of carbonyl (C=O) groups excluding carboxylic acids is 2. The van der Waals surface area contributed by atoms with E-state index in [1.807, 2.05) is 19.1 Å². The van der Waals surface area contributed by atoms with E-state index in [-0.39, 0.29) is 11.8 Å². The van der Waals surface area contributed by atoms with E-state index in [0.29, 0.717) is 19.4 Å². The van der Waals surface area contributed by atoms with Crippen molar-refractivity contribution in [2.45, 2.75) is 162 Å². The van der Waals surface area contributed by atoms with E-state index in [2.05, 4.69) is 6.92 Å². The minimum atomic E-state index is -0.130. The van der Waals surface area contributed by atoms with E-state index in [1.54, 1.807) is 11.3 Å². The summed E-state index contributed by atoms with van der Waals surface area (Å²) >= 11 is 1.59. The fourth-order valence-electron chi connectivity index (χ4n) is 4.79. The van der Waals surface area contributed by atoms with Crippen molar-refractivity contribution in [1.29, 1.82) is 0 Å². The average molecular weight is 521 g/mol. The summed E-state index contributed by atoms with van der Waals surface area (Å²) in [5.74, 6) is 0.151. The van der Waals surface area contributed by atoms with Crippen LogP contribution in [0.15, 0.2) is 12.1 Å². The molecule has 0 aliphatic carbocycles. The largest absolute Gasteiger partial charge is 0.466 e. The maximum Gasteiger partial charge on any atom is 0.305 e. The summed E-state index contributed by atoms with van der Waals surface area (Å²) in [6.45, 7) is 4.56. The molecule has 0 amide bonds. The molecule has 0 aliphatic heterocycles. The zero-order valence-corrected chi connectivity index (χ0v) is 24.6. The smallest absolute Gasteiger partial charge is 0.305 e. The van der Waals surface area contributed by atoms with Crippen LogP contribution >= 0.6 is 11.3 Å². The van der Waals surface area contributed by atoms with Crippen molar-refractivity contribution in [2.75, 3.05) is 6.61 Å². The number of aryl methyl sites for hydroxylation is 1. The van der Waals surface area contributed by atoms with Crippen LogP contribution in [-0.2, 0) is 16.0 Å². The number of ketones is 1. The number of rotatable bonds is 26. The van der Waals surface area contributed by atoms with E-state index in [4.69, 9.17) is 4.74 Å². The van der Waals surface area contributed by atoms with Crippen LogP contribution in [0.1, 0.15) is 170 Å². The Morgan fingerprint density at radius 1 is 0.611 bits per heavy atom. The molecule has 0 saturated carbocycles. The Hall–Kier alpha value is -1.16. The molecule has 36 heavy (non-hydrogen) atoms. The quantitative estimate of drug-likeness (QED) is 0.0693. The number of Topliss-reactive ketones (excluding diaryl/α,β-unsaturated/α-hetero) is 1. The lowest BCUT2D eigenvalue weighted by atomic mass is 10.0. The summed E-state index contributed by atoms with van der Waals surface area (Å²) in [4.78, 5) is 25.9. The van der Waals surface area contributed by atoms with Crippen LogP contribution < -0.4 is 0 Å². The average Bonchev–Trinajstić information content (AvgIpc) is 3.34. The third-order valence-corrected chi connectivity index (χ3v) is 8.24. The highest BCUT2D eigenvalue weighted by atomic mass is 32.1. The van der Waals surface area contributed by atoms with Crippen LogP contribution in [0.4, 0.5) is 0 Å². The predicted molar refractivity (Wildman–Crippen MR) is 156 cm³/mol. The first-order valence-electron chi connectivity index (χ1n) is 15.4. The first-order valence-corrected chi connectivity index (χ1v) is 16.3. The summed E-state index contributed by atoms with van der Waals surface area (Å²) in [7, 11) is 0. The molecule has 1 aromatic heterocycles. The molecule has 0 spiro atoms. The maximum absolute atomic E-state index is 12.4. The number of carbonyl (C=O) groups is 2. The molecule has 208 valence electrons. The molecule has 0 radical (unpaired) electrons. The lowest BCUT2D eigenvalue weighted by molar-refractivity contribution is -0.143. The van der Waals surface area contributed by atoms with Gasteiger partial charge in [0.15, 0.2) is 5.78 Å². The molecule has 0 saturated heterocycles. The van der Waals surface area contributed by atoms with E-state index in [9.17, 15) is 9.59 Å². The summed E-state index contributed by atoms with van der Waals surface area (Å²) in [5.41, 5.74) is 0. The molecule has 1 aromatic rings. The molecule has 0 fully saturated rings. The SMILES string of the molecule is CCCCCCCCCCCCCCCCCCCCCC(=O)c1ccc(CCCC(=O)OCC)s1. The maximum atomic E-state index is 12.4. The second-order valence-electron chi connectivity index (χ2n) is 10.5. The van der Waals surface area contributed by atoms with Crippen molar-refractivity contribution < 1.29 is 14.3 Å². The number of hydrogen-bond acceptors (Lipinski definition) is 4. The second kappa shape index (κ2) is 24.2. The van der Waals surface area contributed by atoms with Gasteiger partial charge in [0.05, 0.1) is 11.5 Å². The Labute approximate surface area is 227 Å². The molecule has 0 unspecified atom stereocenters. The summed E-state index contributed by atoms with van der Waals surface area (Å²) in [6.07, 6.45) is 28.8. The Morgan fingerprint density at radius 3 is 1.56 bits per heavy atom. The van der Waals surface area contributed by atoms with Crippen molar-refractivity contribution in [3.63, 3.8) is 0 Å². The van der Waals surface area contributed by atoms with Gasteiger partial charge >= 0.3 is 5.97 Å². The van der Waals surface area contributed by atoms with Gasteiger partial charge in [-0.25, -0.2) is 0 Å². The predicted octanol–water partition coefficient (Wildman–Crippen LogP) is 10.6. The first-order chi connectivity index (χ1) is 17.7. The van der Waals surface area contributed by atoms with Crippen LogP contribution in [0, 0.1) is 0 Å². The number of ether oxygens (including phenoxy) is 1. The van der Waals surface area contributed by atoms with Crippen molar-refractivity contribution in [2.24, 2.45) is 0 Å². The van der Waals surface area contributed by atoms with Crippen LogP contribution in [0.25, 0.3) is 0 Å². The number of thiophene rings is 1. The normalized spacial score (nSPS) is 11.2. The number of hydrogen-bond donors (Lipinski definition) is 0. The molecule has 3 nitrogen and oxygen atoms in total. The number of unbranched alkanes of at least 4 members (excludes halogenated alkanes) is 18. The van der Waals surface area contributed by atoms with Gasteiger partial charge in [-0.3, -0.25) is 9.59 Å². The van der Waals surface area contributed by atoms with E-state index in [1.165, 1.54) is 120 Å². The highest BCUT2D eigenvalue weighted by Gasteiger charge is 2.10. The van der Waals surface area contributed by atoms with Gasteiger partial charge in [0, 0.05) is 17.7 Å². The van der Waals surface area contributed by atoms with Gasteiger partial charge in [0.1, 0.15) is 0 Å². The first kappa shape index (κ1) is 32.9. The molecule has 0 aromatic carbocycles. The van der Waals surface area contributed by atoms with Crippen molar-refractivity contribution >= 4 is 23.1 Å². The van der Waals surface area contributed by atoms with Crippen molar-refractivity contribution in [3.8, 4) is 0 Å². The van der Waals surface area contributed by atoms with Crippen LogP contribution in [-0.4, -0.2) is 18.4 Å². The highest BCUT2D eigenvalue weighted by molar-refractivity contribution is 7.14. The van der Waals surface area contributed by atoms with Crippen LogP contribution in [0.2, 0.25) is 0 Å². The van der Waals surface area contributed by atoms with Gasteiger partial charge in [-0.1, -0.05) is 122 Å².